The van der Waals surface area contributed by atoms with Crippen LogP contribution in [-0.2, 0) is 16.4 Å². The molecule has 1 aromatic rings. The third-order valence-corrected chi connectivity index (χ3v) is 5.59. The third kappa shape index (κ3) is 4.26. The molecule has 112 valence electrons. The molecule has 0 aliphatic carbocycles. The molecule has 2 rings (SSSR count). The van der Waals surface area contributed by atoms with Gasteiger partial charge in [0.1, 0.15) is 0 Å². The van der Waals surface area contributed by atoms with E-state index in [2.05, 4.69) is 4.98 Å². The fraction of sp³-hybridized carbons (Fsp3) is 0.643. The van der Waals surface area contributed by atoms with Crippen LogP contribution in [0.15, 0.2) is 24.4 Å². The minimum Gasteiger partial charge on any atom is -0.396 e. The molecule has 0 saturated carbocycles. The third-order valence-electron chi connectivity index (χ3n) is 3.75. The molecule has 1 aromatic heterocycles. The number of aryl methyl sites for hydroxylation is 1. The monoisotopic (exact) mass is 298 g/mol. The molecule has 1 aliphatic heterocycles. The molecule has 5 nitrogen and oxygen atoms in total. The number of nitrogens with zero attached hydrogens (tertiary/aromatic N) is 2. The number of hydrogen-bond donors (Lipinski definition) is 1. The Kier molecular flexibility index (Phi) is 5.51. The molecule has 1 fully saturated rings. The van der Waals surface area contributed by atoms with E-state index in [4.69, 9.17) is 5.11 Å². The second-order valence-electron chi connectivity index (χ2n) is 5.27. The van der Waals surface area contributed by atoms with Crippen molar-refractivity contribution in [3.8, 4) is 0 Å². The molecule has 2 heterocycles. The number of rotatable bonds is 6. The van der Waals surface area contributed by atoms with Gasteiger partial charge in [-0.25, -0.2) is 12.7 Å². The van der Waals surface area contributed by atoms with Gasteiger partial charge in [0.2, 0.25) is 10.0 Å². The number of sulfonamides is 1. The first-order chi connectivity index (χ1) is 9.62. The number of piperidine rings is 1. The van der Waals surface area contributed by atoms with Crippen LogP contribution >= 0.6 is 0 Å². The maximum atomic E-state index is 12.3. The fourth-order valence-corrected chi connectivity index (χ4v) is 4.18. The van der Waals surface area contributed by atoms with Gasteiger partial charge in [0.05, 0.1) is 5.75 Å². The summed E-state index contributed by atoms with van der Waals surface area (Å²) in [5.74, 6) is 0.397. The van der Waals surface area contributed by atoms with E-state index in [0.717, 1.165) is 18.5 Å². The maximum absolute atomic E-state index is 12.3. The van der Waals surface area contributed by atoms with Crippen molar-refractivity contribution in [3.05, 3.63) is 30.1 Å². The lowest BCUT2D eigenvalue weighted by molar-refractivity contribution is 0.203. The Balaban J connectivity index is 1.92. The fourth-order valence-electron chi connectivity index (χ4n) is 2.61. The molecule has 1 N–H and O–H groups in total. The number of aromatic nitrogens is 1. The van der Waals surface area contributed by atoms with Crippen molar-refractivity contribution in [2.24, 2.45) is 5.92 Å². The SMILES string of the molecule is O=S(=O)(CCc1ccccn1)N1CCCC(CCO)C1. The molecule has 0 radical (unpaired) electrons. The lowest BCUT2D eigenvalue weighted by atomic mass is 9.97. The molecule has 0 spiro atoms. The largest absolute Gasteiger partial charge is 0.396 e. The lowest BCUT2D eigenvalue weighted by Crippen LogP contribution is -2.41. The van der Waals surface area contributed by atoms with Gasteiger partial charge in [-0.1, -0.05) is 6.07 Å². The summed E-state index contributed by atoms with van der Waals surface area (Å²) in [4.78, 5) is 4.16. The van der Waals surface area contributed by atoms with Gasteiger partial charge in [-0.05, 0) is 37.3 Å². The highest BCUT2D eigenvalue weighted by atomic mass is 32.2. The van der Waals surface area contributed by atoms with Crippen molar-refractivity contribution >= 4 is 10.0 Å². The molecule has 20 heavy (non-hydrogen) atoms. The quantitative estimate of drug-likeness (QED) is 0.852. The summed E-state index contributed by atoms with van der Waals surface area (Å²) in [6.45, 7) is 1.28. The minimum absolute atomic E-state index is 0.107. The highest BCUT2D eigenvalue weighted by molar-refractivity contribution is 7.89. The highest BCUT2D eigenvalue weighted by Crippen LogP contribution is 2.22. The van der Waals surface area contributed by atoms with Crippen molar-refractivity contribution < 1.29 is 13.5 Å². The molecule has 0 bridgehead atoms. The van der Waals surface area contributed by atoms with Crippen molar-refractivity contribution in [2.75, 3.05) is 25.4 Å². The van der Waals surface area contributed by atoms with Gasteiger partial charge >= 0.3 is 0 Å². The first kappa shape index (κ1) is 15.4. The smallest absolute Gasteiger partial charge is 0.214 e. The Morgan fingerprint density at radius 2 is 2.25 bits per heavy atom. The van der Waals surface area contributed by atoms with E-state index in [9.17, 15) is 8.42 Å². The molecule has 1 saturated heterocycles. The van der Waals surface area contributed by atoms with E-state index in [1.54, 1.807) is 10.5 Å². The number of aliphatic hydroxyl groups is 1. The number of pyridine rings is 1. The van der Waals surface area contributed by atoms with Crippen molar-refractivity contribution in [1.29, 1.82) is 0 Å². The molecule has 1 unspecified atom stereocenters. The summed E-state index contributed by atoms with van der Waals surface area (Å²) in [6, 6.07) is 5.54. The van der Waals surface area contributed by atoms with E-state index < -0.39 is 10.0 Å². The zero-order valence-corrected chi connectivity index (χ0v) is 12.4. The van der Waals surface area contributed by atoms with Gasteiger partial charge in [-0.3, -0.25) is 4.98 Å². The van der Waals surface area contributed by atoms with Gasteiger partial charge in [-0.2, -0.15) is 0 Å². The normalized spacial score (nSPS) is 20.9. The summed E-state index contributed by atoms with van der Waals surface area (Å²) >= 11 is 0. The Morgan fingerprint density at radius 3 is 2.95 bits per heavy atom. The van der Waals surface area contributed by atoms with Crippen molar-refractivity contribution in [1.82, 2.24) is 9.29 Å². The van der Waals surface area contributed by atoms with Crippen LogP contribution in [0.2, 0.25) is 0 Å². The number of hydrogen-bond acceptors (Lipinski definition) is 4. The van der Waals surface area contributed by atoms with Crippen LogP contribution in [0.3, 0.4) is 0 Å². The Labute approximate surface area is 120 Å². The van der Waals surface area contributed by atoms with E-state index in [0.29, 0.717) is 31.8 Å². The zero-order valence-electron chi connectivity index (χ0n) is 11.6. The van der Waals surface area contributed by atoms with Gasteiger partial charge < -0.3 is 5.11 Å². The first-order valence-electron chi connectivity index (χ1n) is 7.10. The Hall–Kier alpha value is -0.980. The Morgan fingerprint density at radius 1 is 1.40 bits per heavy atom. The lowest BCUT2D eigenvalue weighted by Gasteiger charge is -2.31. The van der Waals surface area contributed by atoms with Crippen LogP contribution in [0.1, 0.15) is 25.0 Å². The average Bonchev–Trinajstić information content (AvgIpc) is 2.47. The van der Waals surface area contributed by atoms with Gasteiger partial charge in [0.15, 0.2) is 0 Å². The minimum atomic E-state index is -3.22. The molecule has 0 amide bonds. The predicted octanol–water partition coefficient (Wildman–Crippen LogP) is 1.05. The molecular formula is C14H22N2O3S. The second kappa shape index (κ2) is 7.15. The average molecular weight is 298 g/mol. The summed E-state index contributed by atoms with van der Waals surface area (Å²) < 4.78 is 26.3. The maximum Gasteiger partial charge on any atom is 0.214 e. The van der Waals surface area contributed by atoms with Gasteiger partial charge in [0.25, 0.3) is 0 Å². The molecule has 0 aromatic carbocycles. The molecule has 1 aliphatic rings. The van der Waals surface area contributed by atoms with E-state index in [1.807, 2.05) is 18.2 Å². The van der Waals surface area contributed by atoms with Gasteiger partial charge in [0, 0.05) is 38.0 Å². The van der Waals surface area contributed by atoms with E-state index in [1.165, 1.54) is 0 Å². The molecule has 1 atom stereocenters. The van der Waals surface area contributed by atoms with Gasteiger partial charge in [-0.15, -0.1) is 0 Å². The van der Waals surface area contributed by atoms with Crippen LogP contribution in [0, 0.1) is 5.92 Å². The molecular weight excluding hydrogens is 276 g/mol. The summed E-state index contributed by atoms with van der Waals surface area (Å²) in [5, 5.41) is 8.98. The summed E-state index contributed by atoms with van der Waals surface area (Å²) in [6.07, 6.45) is 4.71. The number of aliphatic hydroxyl groups excluding tert-OH is 1. The highest BCUT2D eigenvalue weighted by Gasteiger charge is 2.28. The van der Waals surface area contributed by atoms with Crippen LogP contribution in [0.5, 0.6) is 0 Å². The Bertz CT molecular complexity index is 502. The predicted molar refractivity (Wildman–Crippen MR) is 77.7 cm³/mol. The standard InChI is InChI=1S/C14H22N2O3S/c17-10-6-13-4-3-9-16(12-13)20(18,19)11-7-14-5-1-2-8-15-14/h1-2,5,8,13,17H,3-4,6-7,9-12H2. The van der Waals surface area contributed by atoms with Crippen LogP contribution < -0.4 is 0 Å². The van der Waals surface area contributed by atoms with E-state index in [-0.39, 0.29) is 12.4 Å². The van der Waals surface area contributed by atoms with Crippen LogP contribution in [0.4, 0.5) is 0 Å². The zero-order chi connectivity index (χ0) is 14.4. The second-order valence-corrected chi connectivity index (χ2v) is 7.35. The first-order valence-corrected chi connectivity index (χ1v) is 8.71. The molecule has 6 heteroatoms. The van der Waals surface area contributed by atoms with Crippen LogP contribution in [-0.4, -0.2) is 48.3 Å². The van der Waals surface area contributed by atoms with E-state index >= 15 is 0 Å². The van der Waals surface area contributed by atoms with Crippen molar-refractivity contribution in [3.63, 3.8) is 0 Å². The van der Waals surface area contributed by atoms with Crippen LogP contribution in [0.25, 0.3) is 0 Å². The topological polar surface area (TPSA) is 70.5 Å². The summed E-state index contributed by atoms with van der Waals surface area (Å²) in [5.41, 5.74) is 0.806. The summed E-state index contributed by atoms with van der Waals surface area (Å²) in [7, 11) is -3.22. The van der Waals surface area contributed by atoms with Crippen molar-refractivity contribution in [2.45, 2.75) is 25.7 Å².